The second-order valence-electron chi connectivity index (χ2n) is 7.61. The number of benzene rings is 1. The standard InChI is InChI=1S/C22H28N6O/c1-4-6-18-15-20(23-22-25-24-19(5-2)28(18)22)26-11-13-27(14-12-26)21(29)17-9-7-16(3)8-10-17/h7-10,15H,4-6,11-14H2,1-3H3. The Hall–Kier alpha value is -2.96. The summed E-state index contributed by atoms with van der Waals surface area (Å²) in [5.74, 6) is 2.65. The zero-order valence-corrected chi connectivity index (χ0v) is 17.4. The summed E-state index contributed by atoms with van der Waals surface area (Å²) in [6.07, 6.45) is 2.85. The number of amides is 1. The highest BCUT2D eigenvalue weighted by atomic mass is 16.2. The van der Waals surface area contributed by atoms with Crippen molar-refractivity contribution in [3.05, 3.63) is 53.0 Å². The van der Waals surface area contributed by atoms with Crippen molar-refractivity contribution in [2.45, 2.75) is 40.0 Å². The van der Waals surface area contributed by atoms with Gasteiger partial charge >= 0.3 is 0 Å². The minimum atomic E-state index is 0.102. The van der Waals surface area contributed by atoms with Crippen molar-refractivity contribution in [1.82, 2.24) is 24.5 Å². The highest BCUT2D eigenvalue weighted by Gasteiger charge is 2.24. The number of rotatable bonds is 5. The van der Waals surface area contributed by atoms with Crippen molar-refractivity contribution in [1.29, 1.82) is 0 Å². The van der Waals surface area contributed by atoms with Crippen molar-refractivity contribution >= 4 is 17.5 Å². The van der Waals surface area contributed by atoms with Crippen LogP contribution in [0.15, 0.2) is 30.3 Å². The average molecular weight is 393 g/mol. The van der Waals surface area contributed by atoms with Crippen LogP contribution in [-0.4, -0.2) is 56.6 Å². The van der Waals surface area contributed by atoms with Gasteiger partial charge in [0.25, 0.3) is 11.7 Å². The monoisotopic (exact) mass is 392 g/mol. The number of carbonyl (C=O) groups excluding carboxylic acids is 1. The van der Waals surface area contributed by atoms with Crippen molar-refractivity contribution in [3.63, 3.8) is 0 Å². The molecule has 7 heteroatoms. The molecule has 3 heterocycles. The summed E-state index contributed by atoms with van der Waals surface area (Å²) in [5, 5.41) is 8.59. The van der Waals surface area contributed by atoms with Gasteiger partial charge in [-0.2, -0.15) is 4.98 Å². The molecule has 0 aliphatic carbocycles. The molecule has 4 rings (SSSR count). The maximum Gasteiger partial charge on any atom is 0.257 e. The number of aromatic nitrogens is 4. The minimum absolute atomic E-state index is 0.102. The smallest absolute Gasteiger partial charge is 0.257 e. The van der Waals surface area contributed by atoms with Gasteiger partial charge in [-0.3, -0.25) is 9.20 Å². The SMILES string of the molecule is CCCc1cc(N2CCN(C(=O)c3ccc(C)cc3)CC2)nc2nnc(CC)n12. The van der Waals surface area contributed by atoms with Crippen LogP contribution in [0, 0.1) is 6.92 Å². The van der Waals surface area contributed by atoms with E-state index in [9.17, 15) is 4.79 Å². The first kappa shape index (κ1) is 19.4. The fourth-order valence-corrected chi connectivity index (χ4v) is 3.87. The predicted molar refractivity (Wildman–Crippen MR) is 113 cm³/mol. The molecule has 0 bridgehead atoms. The first-order valence-electron chi connectivity index (χ1n) is 10.5. The van der Waals surface area contributed by atoms with Crippen LogP contribution < -0.4 is 4.90 Å². The highest BCUT2D eigenvalue weighted by molar-refractivity contribution is 5.94. The Morgan fingerprint density at radius 3 is 2.41 bits per heavy atom. The molecule has 1 aromatic carbocycles. The van der Waals surface area contributed by atoms with Gasteiger partial charge in [0.2, 0.25) is 0 Å². The Morgan fingerprint density at radius 1 is 1.03 bits per heavy atom. The molecular formula is C22H28N6O. The highest BCUT2D eigenvalue weighted by Crippen LogP contribution is 2.20. The molecule has 1 aliphatic rings. The molecule has 0 unspecified atom stereocenters. The van der Waals surface area contributed by atoms with Gasteiger partial charge in [-0.1, -0.05) is 38.0 Å². The number of aryl methyl sites for hydroxylation is 3. The van der Waals surface area contributed by atoms with Gasteiger partial charge in [0.1, 0.15) is 11.6 Å². The molecule has 3 aromatic rings. The average Bonchev–Trinajstić information content (AvgIpc) is 3.17. The van der Waals surface area contributed by atoms with E-state index < -0.39 is 0 Å². The summed E-state index contributed by atoms with van der Waals surface area (Å²) in [4.78, 5) is 21.7. The molecule has 2 aromatic heterocycles. The number of carbonyl (C=O) groups is 1. The van der Waals surface area contributed by atoms with Crippen molar-refractivity contribution < 1.29 is 4.79 Å². The Kier molecular flexibility index (Phi) is 5.47. The second kappa shape index (κ2) is 8.19. The lowest BCUT2D eigenvalue weighted by molar-refractivity contribution is 0.0746. The molecule has 7 nitrogen and oxygen atoms in total. The number of nitrogens with zero attached hydrogens (tertiary/aromatic N) is 6. The molecule has 1 amide bonds. The third-order valence-corrected chi connectivity index (χ3v) is 5.52. The Morgan fingerprint density at radius 2 is 1.76 bits per heavy atom. The first-order valence-corrected chi connectivity index (χ1v) is 10.5. The maximum atomic E-state index is 12.8. The lowest BCUT2D eigenvalue weighted by atomic mass is 10.1. The molecule has 0 saturated carbocycles. The predicted octanol–water partition coefficient (Wildman–Crippen LogP) is 2.91. The fraction of sp³-hybridized carbons (Fsp3) is 0.455. The molecule has 1 saturated heterocycles. The zero-order valence-electron chi connectivity index (χ0n) is 17.4. The van der Waals surface area contributed by atoms with E-state index in [1.165, 1.54) is 5.69 Å². The van der Waals surface area contributed by atoms with Crippen LogP contribution in [0.1, 0.15) is 47.7 Å². The summed E-state index contributed by atoms with van der Waals surface area (Å²) < 4.78 is 2.09. The Balaban J connectivity index is 1.51. The van der Waals surface area contributed by atoms with Gasteiger partial charge in [0.05, 0.1) is 0 Å². The van der Waals surface area contributed by atoms with Crippen LogP contribution in [-0.2, 0) is 12.8 Å². The van der Waals surface area contributed by atoms with E-state index in [-0.39, 0.29) is 5.91 Å². The second-order valence-corrected chi connectivity index (χ2v) is 7.61. The van der Waals surface area contributed by atoms with Crippen LogP contribution in [0.25, 0.3) is 5.78 Å². The molecule has 0 spiro atoms. The molecule has 29 heavy (non-hydrogen) atoms. The van der Waals surface area contributed by atoms with Crippen LogP contribution in [0.5, 0.6) is 0 Å². The zero-order chi connectivity index (χ0) is 20.4. The van der Waals surface area contributed by atoms with Crippen molar-refractivity contribution in [2.24, 2.45) is 0 Å². The van der Waals surface area contributed by atoms with Gasteiger partial charge in [-0.15, -0.1) is 10.2 Å². The van der Waals surface area contributed by atoms with E-state index in [0.717, 1.165) is 55.1 Å². The van der Waals surface area contributed by atoms with E-state index >= 15 is 0 Å². The van der Waals surface area contributed by atoms with Gasteiger partial charge in [-0.25, -0.2) is 0 Å². The Bertz CT molecular complexity index is 1000. The molecular weight excluding hydrogens is 364 g/mol. The van der Waals surface area contributed by atoms with E-state index in [2.05, 4.69) is 39.4 Å². The molecule has 0 N–H and O–H groups in total. The summed E-state index contributed by atoms with van der Waals surface area (Å²) in [6.45, 7) is 9.21. The van der Waals surface area contributed by atoms with Gasteiger partial charge in [0, 0.05) is 49.9 Å². The lowest BCUT2D eigenvalue weighted by Crippen LogP contribution is -2.49. The summed E-state index contributed by atoms with van der Waals surface area (Å²) in [6, 6.07) is 9.96. The first-order chi connectivity index (χ1) is 14.1. The molecule has 0 atom stereocenters. The minimum Gasteiger partial charge on any atom is -0.353 e. The van der Waals surface area contributed by atoms with Crippen molar-refractivity contribution in [3.8, 4) is 0 Å². The number of piperazine rings is 1. The maximum absolute atomic E-state index is 12.8. The topological polar surface area (TPSA) is 66.6 Å². The third-order valence-electron chi connectivity index (χ3n) is 5.52. The number of fused-ring (bicyclic) bond motifs is 1. The third kappa shape index (κ3) is 3.81. The molecule has 152 valence electrons. The summed E-state index contributed by atoms with van der Waals surface area (Å²) >= 11 is 0. The van der Waals surface area contributed by atoms with Gasteiger partial charge in [0.15, 0.2) is 0 Å². The van der Waals surface area contributed by atoms with E-state index in [1.54, 1.807) is 0 Å². The van der Waals surface area contributed by atoms with Crippen LogP contribution in [0.4, 0.5) is 5.82 Å². The molecule has 1 fully saturated rings. The van der Waals surface area contributed by atoms with Crippen molar-refractivity contribution in [2.75, 3.05) is 31.1 Å². The van der Waals surface area contributed by atoms with Gasteiger partial charge < -0.3 is 9.80 Å². The normalized spacial score (nSPS) is 14.6. The van der Waals surface area contributed by atoms with E-state index in [4.69, 9.17) is 4.98 Å². The van der Waals surface area contributed by atoms with Gasteiger partial charge in [-0.05, 0) is 25.5 Å². The largest absolute Gasteiger partial charge is 0.353 e. The number of hydrogen-bond acceptors (Lipinski definition) is 5. The van der Waals surface area contributed by atoms with E-state index in [0.29, 0.717) is 18.9 Å². The lowest BCUT2D eigenvalue weighted by Gasteiger charge is -2.35. The summed E-state index contributed by atoms with van der Waals surface area (Å²) in [5.41, 5.74) is 3.12. The van der Waals surface area contributed by atoms with Crippen LogP contribution in [0.3, 0.4) is 0 Å². The fourth-order valence-electron chi connectivity index (χ4n) is 3.87. The summed E-state index contributed by atoms with van der Waals surface area (Å²) in [7, 11) is 0. The number of anilines is 1. The van der Waals surface area contributed by atoms with Crippen LogP contribution in [0.2, 0.25) is 0 Å². The number of hydrogen-bond donors (Lipinski definition) is 0. The van der Waals surface area contributed by atoms with E-state index in [1.807, 2.05) is 36.1 Å². The molecule has 1 aliphatic heterocycles. The Labute approximate surface area is 171 Å². The quantitative estimate of drug-likeness (QED) is 0.668. The van der Waals surface area contributed by atoms with Crippen LogP contribution >= 0.6 is 0 Å². The molecule has 0 radical (unpaired) electrons.